The molecule has 0 atom stereocenters. The van der Waals surface area contributed by atoms with Crippen LogP contribution < -0.4 is 10.5 Å². The number of oxazole rings is 1. The molecule has 1 heterocycles. The number of nitrogens with zero attached hydrogens (tertiary/aromatic N) is 1. The molecule has 0 aliphatic carbocycles. The Hall–Kier alpha value is -1.97. The fraction of sp³-hybridized carbons (Fsp3) is 0.308. The molecule has 0 aliphatic heterocycles. The van der Waals surface area contributed by atoms with Gasteiger partial charge in [-0.3, -0.25) is 0 Å². The molecular formula is C13H16N2O2. The molecule has 0 saturated heterocycles. The molecule has 2 rings (SSSR count). The molecular weight excluding hydrogens is 216 g/mol. The van der Waals surface area contributed by atoms with E-state index in [0.29, 0.717) is 5.76 Å². The minimum Gasteiger partial charge on any atom is -0.496 e. The van der Waals surface area contributed by atoms with Gasteiger partial charge in [0.25, 0.3) is 6.01 Å². The van der Waals surface area contributed by atoms with Crippen molar-refractivity contribution in [3.63, 3.8) is 0 Å². The van der Waals surface area contributed by atoms with Crippen LogP contribution in [0.3, 0.4) is 0 Å². The van der Waals surface area contributed by atoms with Gasteiger partial charge in [-0.1, -0.05) is 18.6 Å². The highest BCUT2D eigenvalue weighted by molar-refractivity contribution is 5.69. The maximum Gasteiger partial charge on any atom is 0.292 e. The van der Waals surface area contributed by atoms with E-state index in [1.807, 2.05) is 32.0 Å². The van der Waals surface area contributed by atoms with Crippen LogP contribution >= 0.6 is 0 Å². The van der Waals surface area contributed by atoms with Crippen molar-refractivity contribution in [1.82, 2.24) is 4.98 Å². The van der Waals surface area contributed by atoms with Crippen LogP contribution in [0.25, 0.3) is 11.3 Å². The van der Waals surface area contributed by atoms with Crippen molar-refractivity contribution in [2.45, 2.75) is 20.3 Å². The summed E-state index contributed by atoms with van der Waals surface area (Å²) in [6.45, 7) is 4.04. The van der Waals surface area contributed by atoms with Crippen LogP contribution in [-0.4, -0.2) is 12.1 Å². The van der Waals surface area contributed by atoms with E-state index in [0.717, 1.165) is 29.0 Å². The lowest BCUT2D eigenvalue weighted by atomic mass is 10.1. The Labute approximate surface area is 100 Å². The standard InChI is InChI=1S/C13H16N2O2/c1-4-10-12(17-13(14)15-10)9-7-8(2)5-6-11(9)16-3/h5-7H,4H2,1-3H3,(H2,14,15). The molecule has 0 bridgehead atoms. The summed E-state index contributed by atoms with van der Waals surface area (Å²) in [5, 5.41) is 0. The molecule has 90 valence electrons. The minimum absolute atomic E-state index is 0.195. The summed E-state index contributed by atoms with van der Waals surface area (Å²) in [4.78, 5) is 4.17. The average molecular weight is 232 g/mol. The van der Waals surface area contributed by atoms with E-state index in [9.17, 15) is 0 Å². The van der Waals surface area contributed by atoms with Gasteiger partial charge < -0.3 is 14.9 Å². The zero-order valence-corrected chi connectivity index (χ0v) is 10.3. The predicted molar refractivity (Wildman–Crippen MR) is 67.0 cm³/mol. The van der Waals surface area contributed by atoms with E-state index < -0.39 is 0 Å². The van der Waals surface area contributed by atoms with E-state index in [-0.39, 0.29) is 6.01 Å². The number of methoxy groups -OCH3 is 1. The molecule has 0 fully saturated rings. The number of nitrogen functional groups attached to an aromatic ring is 1. The number of ether oxygens (including phenoxy) is 1. The zero-order valence-electron chi connectivity index (χ0n) is 10.3. The van der Waals surface area contributed by atoms with Crippen LogP contribution in [0.2, 0.25) is 0 Å². The smallest absolute Gasteiger partial charge is 0.292 e. The van der Waals surface area contributed by atoms with Gasteiger partial charge >= 0.3 is 0 Å². The largest absolute Gasteiger partial charge is 0.496 e. The normalized spacial score (nSPS) is 10.5. The summed E-state index contributed by atoms with van der Waals surface area (Å²) >= 11 is 0. The van der Waals surface area contributed by atoms with Crippen molar-refractivity contribution < 1.29 is 9.15 Å². The number of benzene rings is 1. The summed E-state index contributed by atoms with van der Waals surface area (Å²) in [5.41, 5.74) is 8.49. The molecule has 0 radical (unpaired) electrons. The van der Waals surface area contributed by atoms with E-state index in [1.165, 1.54) is 0 Å². The van der Waals surface area contributed by atoms with Gasteiger partial charge in [0.1, 0.15) is 5.75 Å². The first kappa shape index (κ1) is 11.5. The van der Waals surface area contributed by atoms with Gasteiger partial charge in [-0.25, -0.2) is 0 Å². The molecule has 1 aromatic carbocycles. The maximum absolute atomic E-state index is 5.60. The number of hydrogen-bond donors (Lipinski definition) is 1. The van der Waals surface area contributed by atoms with Gasteiger partial charge in [-0.15, -0.1) is 0 Å². The number of nitrogens with two attached hydrogens (primary N) is 1. The molecule has 0 amide bonds. The Morgan fingerprint density at radius 3 is 2.82 bits per heavy atom. The van der Waals surface area contributed by atoms with Crippen molar-refractivity contribution in [2.24, 2.45) is 0 Å². The maximum atomic E-state index is 5.60. The number of rotatable bonds is 3. The van der Waals surface area contributed by atoms with Gasteiger partial charge in [-0.2, -0.15) is 4.98 Å². The highest BCUT2D eigenvalue weighted by Crippen LogP contribution is 2.34. The summed E-state index contributed by atoms with van der Waals surface area (Å²) in [7, 11) is 1.64. The fourth-order valence-corrected chi connectivity index (χ4v) is 1.82. The monoisotopic (exact) mass is 232 g/mol. The van der Waals surface area contributed by atoms with Crippen LogP contribution in [0.15, 0.2) is 22.6 Å². The number of anilines is 1. The van der Waals surface area contributed by atoms with Crippen LogP contribution in [0.4, 0.5) is 6.01 Å². The van der Waals surface area contributed by atoms with Crippen molar-refractivity contribution in [3.05, 3.63) is 29.5 Å². The SMILES string of the molecule is CCc1nc(N)oc1-c1cc(C)ccc1OC. The van der Waals surface area contributed by atoms with Gasteiger partial charge in [0.05, 0.1) is 18.4 Å². The Bertz CT molecular complexity index is 532. The minimum atomic E-state index is 0.195. The summed E-state index contributed by atoms with van der Waals surface area (Å²) in [6, 6.07) is 6.12. The highest BCUT2D eigenvalue weighted by Gasteiger charge is 2.16. The average Bonchev–Trinajstić information content (AvgIpc) is 2.70. The number of hydrogen-bond acceptors (Lipinski definition) is 4. The molecule has 0 spiro atoms. The van der Waals surface area contributed by atoms with Crippen LogP contribution in [-0.2, 0) is 6.42 Å². The first-order valence-corrected chi connectivity index (χ1v) is 5.56. The van der Waals surface area contributed by atoms with E-state index in [2.05, 4.69) is 4.98 Å². The lowest BCUT2D eigenvalue weighted by molar-refractivity contribution is 0.414. The molecule has 2 N–H and O–H groups in total. The van der Waals surface area contributed by atoms with Crippen molar-refractivity contribution in [2.75, 3.05) is 12.8 Å². The van der Waals surface area contributed by atoms with Crippen LogP contribution in [0.1, 0.15) is 18.2 Å². The number of aromatic nitrogens is 1. The van der Waals surface area contributed by atoms with E-state index in [1.54, 1.807) is 7.11 Å². The second-order valence-corrected chi connectivity index (χ2v) is 3.89. The summed E-state index contributed by atoms with van der Waals surface area (Å²) in [6.07, 6.45) is 0.771. The van der Waals surface area contributed by atoms with E-state index in [4.69, 9.17) is 14.9 Å². The molecule has 0 unspecified atom stereocenters. The fourth-order valence-electron chi connectivity index (χ4n) is 1.82. The molecule has 4 nitrogen and oxygen atoms in total. The lowest BCUT2D eigenvalue weighted by Crippen LogP contribution is -1.91. The Kier molecular flexibility index (Phi) is 3.04. The molecule has 0 aliphatic rings. The number of aryl methyl sites for hydroxylation is 2. The topological polar surface area (TPSA) is 61.3 Å². The predicted octanol–water partition coefficient (Wildman–Crippen LogP) is 2.80. The van der Waals surface area contributed by atoms with Crippen molar-refractivity contribution in [3.8, 4) is 17.1 Å². The van der Waals surface area contributed by atoms with Crippen LogP contribution in [0.5, 0.6) is 5.75 Å². The summed E-state index contributed by atoms with van der Waals surface area (Å²) < 4.78 is 10.8. The molecule has 0 saturated carbocycles. The third-order valence-electron chi connectivity index (χ3n) is 2.65. The first-order valence-electron chi connectivity index (χ1n) is 5.56. The molecule has 2 aromatic rings. The van der Waals surface area contributed by atoms with Crippen molar-refractivity contribution >= 4 is 6.01 Å². The molecule has 4 heteroatoms. The van der Waals surface area contributed by atoms with Gasteiger partial charge in [-0.05, 0) is 25.5 Å². The van der Waals surface area contributed by atoms with E-state index >= 15 is 0 Å². The highest BCUT2D eigenvalue weighted by atomic mass is 16.5. The third-order valence-corrected chi connectivity index (χ3v) is 2.65. The van der Waals surface area contributed by atoms with Gasteiger partial charge in [0, 0.05) is 0 Å². The molecule has 1 aromatic heterocycles. The second-order valence-electron chi connectivity index (χ2n) is 3.89. The Morgan fingerprint density at radius 1 is 1.41 bits per heavy atom. The zero-order chi connectivity index (χ0) is 12.4. The Morgan fingerprint density at radius 2 is 2.18 bits per heavy atom. The quantitative estimate of drug-likeness (QED) is 0.883. The summed E-state index contributed by atoms with van der Waals surface area (Å²) in [5.74, 6) is 1.46. The Balaban J connectivity index is 2.61. The third kappa shape index (κ3) is 2.11. The van der Waals surface area contributed by atoms with Crippen LogP contribution in [0, 0.1) is 6.92 Å². The lowest BCUT2D eigenvalue weighted by Gasteiger charge is -2.07. The van der Waals surface area contributed by atoms with Gasteiger partial charge in [0.15, 0.2) is 5.76 Å². The van der Waals surface area contributed by atoms with Crippen molar-refractivity contribution in [1.29, 1.82) is 0 Å². The van der Waals surface area contributed by atoms with Gasteiger partial charge in [0.2, 0.25) is 0 Å². The first-order chi connectivity index (χ1) is 8.15. The molecule has 17 heavy (non-hydrogen) atoms. The second kappa shape index (κ2) is 4.49.